The average molecular weight is 437 g/mol. The lowest BCUT2D eigenvalue weighted by Gasteiger charge is -2.22. The number of amides is 1. The minimum absolute atomic E-state index is 0.0732. The first-order chi connectivity index (χ1) is 15.2. The first-order valence-corrected chi connectivity index (χ1v) is 11.9. The van der Waals surface area contributed by atoms with E-state index >= 15 is 0 Å². The number of nitrogens with one attached hydrogen (secondary N) is 1. The molecule has 1 N–H and O–H groups in total. The van der Waals surface area contributed by atoms with E-state index in [0.717, 1.165) is 40.9 Å². The van der Waals surface area contributed by atoms with Crippen LogP contribution >= 0.6 is 11.8 Å². The van der Waals surface area contributed by atoms with Crippen molar-refractivity contribution in [1.29, 1.82) is 0 Å². The van der Waals surface area contributed by atoms with E-state index < -0.39 is 0 Å². The van der Waals surface area contributed by atoms with Crippen LogP contribution in [0.1, 0.15) is 50.8 Å². The maximum absolute atomic E-state index is 12.5. The van der Waals surface area contributed by atoms with Gasteiger partial charge in [0.1, 0.15) is 11.6 Å². The van der Waals surface area contributed by atoms with Gasteiger partial charge < -0.3 is 10.1 Å². The summed E-state index contributed by atoms with van der Waals surface area (Å²) in [6, 6.07) is 17.6. The van der Waals surface area contributed by atoms with E-state index in [1.165, 1.54) is 31.0 Å². The molecule has 0 atom stereocenters. The molecule has 2 aromatic carbocycles. The number of carbonyl (C=O) groups is 1. The topological polar surface area (TPSA) is 69.0 Å². The van der Waals surface area contributed by atoms with Gasteiger partial charge in [-0.2, -0.15) is 0 Å². The molecule has 0 aliphatic heterocycles. The van der Waals surface area contributed by atoms with Crippen molar-refractivity contribution in [2.24, 2.45) is 0 Å². The van der Waals surface area contributed by atoms with Gasteiger partial charge in [0.25, 0.3) is 0 Å². The summed E-state index contributed by atoms with van der Waals surface area (Å²) in [7, 11) is 0. The predicted octanol–water partition coefficient (Wildman–Crippen LogP) is 5.44. The van der Waals surface area contributed by atoms with Crippen molar-refractivity contribution in [2.75, 3.05) is 17.7 Å². The summed E-state index contributed by atoms with van der Waals surface area (Å²) in [5.41, 5.74) is 1.80. The Morgan fingerprint density at radius 2 is 1.81 bits per heavy atom. The van der Waals surface area contributed by atoms with Crippen molar-refractivity contribution < 1.29 is 9.53 Å². The Labute approximate surface area is 187 Å². The van der Waals surface area contributed by atoms with E-state index in [4.69, 9.17) is 4.74 Å². The highest BCUT2D eigenvalue weighted by atomic mass is 32.2. The Kier molecular flexibility index (Phi) is 7.25. The number of anilines is 1. The molecule has 1 heterocycles. The zero-order chi connectivity index (χ0) is 21.5. The van der Waals surface area contributed by atoms with Crippen molar-refractivity contribution in [3.63, 3.8) is 0 Å². The zero-order valence-corrected chi connectivity index (χ0v) is 18.6. The molecule has 0 radical (unpaired) electrons. The van der Waals surface area contributed by atoms with Crippen LogP contribution in [0.4, 0.5) is 5.69 Å². The molecule has 162 valence electrons. The SMILES string of the molecule is CCOc1ccc(NC(=O)CSc2nnc(C3CCCCC3)n2-c2ccccc2)cc1. The van der Waals surface area contributed by atoms with E-state index in [9.17, 15) is 4.79 Å². The third-order valence-electron chi connectivity index (χ3n) is 5.42. The van der Waals surface area contributed by atoms with Crippen LogP contribution in [0.3, 0.4) is 0 Å². The highest BCUT2D eigenvalue weighted by molar-refractivity contribution is 7.99. The Morgan fingerprint density at radius 3 is 2.52 bits per heavy atom. The van der Waals surface area contributed by atoms with Gasteiger partial charge in [0.2, 0.25) is 5.91 Å². The summed E-state index contributed by atoms with van der Waals surface area (Å²) in [6.07, 6.45) is 6.06. The summed E-state index contributed by atoms with van der Waals surface area (Å²) in [5.74, 6) is 2.42. The van der Waals surface area contributed by atoms with Gasteiger partial charge in [-0.05, 0) is 56.2 Å². The van der Waals surface area contributed by atoms with Crippen molar-refractivity contribution >= 4 is 23.4 Å². The summed E-state index contributed by atoms with van der Waals surface area (Å²) in [6.45, 7) is 2.56. The van der Waals surface area contributed by atoms with Crippen LogP contribution < -0.4 is 10.1 Å². The molecule has 1 fully saturated rings. The van der Waals surface area contributed by atoms with Crippen molar-refractivity contribution in [3.05, 3.63) is 60.4 Å². The number of nitrogens with zero attached hydrogens (tertiary/aromatic N) is 3. The number of ether oxygens (including phenoxy) is 1. The highest BCUT2D eigenvalue weighted by Crippen LogP contribution is 2.34. The molecule has 1 aromatic heterocycles. The van der Waals surface area contributed by atoms with Gasteiger partial charge in [0.05, 0.1) is 12.4 Å². The Balaban J connectivity index is 1.46. The van der Waals surface area contributed by atoms with Crippen molar-refractivity contribution in [2.45, 2.75) is 50.1 Å². The number of hydrogen-bond donors (Lipinski definition) is 1. The van der Waals surface area contributed by atoms with Gasteiger partial charge in [0, 0.05) is 17.3 Å². The molecule has 1 aliphatic carbocycles. The van der Waals surface area contributed by atoms with E-state index in [2.05, 4.69) is 32.2 Å². The third-order valence-corrected chi connectivity index (χ3v) is 6.35. The molecule has 1 aliphatic rings. The lowest BCUT2D eigenvalue weighted by molar-refractivity contribution is -0.113. The van der Waals surface area contributed by atoms with Gasteiger partial charge in [-0.25, -0.2) is 0 Å². The van der Waals surface area contributed by atoms with Crippen LogP contribution in [0, 0.1) is 0 Å². The van der Waals surface area contributed by atoms with Crippen LogP contribution in [-0.4, -0.2) is 33.0 Å². The second kappa shape index (κ2) is 10.5. The quantitative estimate of drug-likeness (QED) is 0.476. The van der Waals surface area contributed by atoms with E-state index in [0.29, 0.717) is 12.5 Å². The highest BCUT2D eigenvalue weighted by Gasteiger charge is 2.24. The number of carbonyl (C=O) groups excluding carboxylic acids is 1. The fraction of sp³-hybridized carbons (Fsp3) is 0.375. The summed E-state index contributed by atoms with van der Waals surface area (Å²) < 4.78 is 7.57. The van der Waals surface area contributed by atoms with E-state index in [-0.39, 0.29) is 11.7 Å². The molecule has 0 spiro atoms. The number of hydrogen-bond acceptors (Lipinski definition) is 5. The molecular formula is C24H28N4O2S. The van der Waals surface area contributed by atoms with Gasteiger partial charge in [-0.15, -0.1) is 10.2 Å². The fourth-order valence-corrected chi connectivity index (χ4v) is 4.71. The largest absolute Gasteiger partial charge is 0.494 e. The summed E-state index contributed by atoms with van der Waals surface area (Å²) in [4.78, 5) is 12.5. The van der Waals surface area contributed by atoms with Gasteiger partial charge in [-0.3, -0.25) is 9.36 Å². The lowest BCUT2D eigenvalue weighted by atomic mass is 9.88. The Bertz CT molecular complexity index is 983. The first-order valence-electron chi connectivity index (χ1n) is 10.9. The molecule has 6 nitrogen and oxygen atoms in total. The molecular weight excluding hydrogens is 408 g/mol. The fourth-order valence-electron chi connectivity index (χ4n) is 3.95. The molecule has 1 saturated carbocycles. The number of thioether (sulfide) groups is 1. The third kappa shape index (κ3) is 5.47. The Hall–Kier alpha value is -2.80. The predicted molar refractivity (Wildman–Crippen MR) is 124 cm³/mol. The second-order valence-electron chi connectivity index (χ2n) is 7.64. The standard InChI is InChI=1S/C24H28N4O2S/c1-2-30-21-15-13-19(14-16-21)25-22(29)17-31-24-27-26-23(18-9-5-3-6-10-18)28(24)20-11-7-4-8-12-20/h4,7-8,11-16,18H,2-3,5-6,9-10,17H2,1H3,(H,25,29). The molecule has 0 unspecified atom stereocenters. The van der Waals surface area contributed by atoms with E-state index in [1.807, 2.05) is 49.4 Å². The van der Waals surface area contributed by atoms with Gasteiger partial charge in [0.15, 0.2) is 5.16 Å². The van der Waals surface area contributed by atoms with Gasteiger partial charge >= 0.3 is 0 Å². The average Bonchev–Trinajstić information content (AvgIpc) is 3.24. The molecule has 1 amide bonds. The summed E-state index contributed by atoms with van der Waals surface area (Å²) in [5, 5.41) is 12.7. The molecule has 4 rings (SSSR count). The molecule has 0 bridgehead atoms. The second-order valence-corrected chi connectivity index (χ2v) is 8.58. The zero-order valence-electron chi connectivity index (χ0n) is 17.8. The maximum Gasteiger partial charge on any atom is 0.234 e. The van der Waals surface area contributed by atoms with Gasteiger partial charge in [-0.1, -0.05) is 49.2 Å². The summed E-state index contributed by atoms with van der Waals surface area (Å²) >= 11 is 1.42. The number of para-hydroxylation sites is 1. The lowest BCUT2D eigenvalue weighted by Crippen LogP contribution is -2.15. The molecule has 7 heteroatoms. The monoisotopic (exact) mass is 436 g/mol. The minimum Gasteiger partial charge on any atom is -0.494 e. The van der Waals surface area contributed by atoms with Crippen LogP contribution in [0.5, 0.6) is 5.75 Å². The minimum atomic E-state index is -0.0732. The van der Waals surface area contributed by atoms with Crippen LogP contribution in [0.2, 0.25) is 0 Å². The number of benzene rings is 2. The van der Waals surface area contributed by atoms with Crippen molar-refractivity contribution in [3.8, 4) is 11.4 Å². The van der Waals surface area contributed by atoms with Crippen LogP contribution in [0.25, 0.3) is 5.69 Å². The molecule has 3 aromatic rings. The Morgan fingerprint density at radius 1 is 1.06 bits per heavy atom. The number of rotatable bonds is 8. The smallest absolute Gasteiger partial charge is 0.234 e. The van der Waals surface area contributed by atoms with Crippen LogP contribution in [0.15, 0.2) is 59.8 Å². The van der Waals surface area contributed by atoms with E-state index in [1.54, 1.807) is 0 Å². The first kappa shape index (κ1) is 21.4. The van der Waals surface area contributed by atoms with Crippen molar-refractivity contribution in [1.82, 2.24) is 14.8 Å². The molecule has 31 heavy (non-hydrogen) atoms. The number of aromatic nitrogens is 3. The van der Waals surface area contributed by atoms with Crippen LogP contribution in [-0.2, 0) is 4.79 Å². The normalized spacial score (nSPS) is 14.4. The molecule has 0 saturated heterocycles. The maximum atomic E-state index is 12.5.